The van der Waals surface area contributed by atoms with Crippen LogP contribution >= 0.6 is 0 Å². The van der Waals surface area contributed by atoms with Crippen molar-refractivity contribution in [3.63, 3.8) is 0 Å². The quantitative estimate of drug-likeness (QED) is 0.485. The molecule has 4 nitrogen and oxygen atoms in total. The summed E-state index contributed by atoms with van der Waals surface area (Å²) in [5.74, 6) is 0.592. The van der Waals surface area contributed by atoms with Crippen LogP contribution in [-0.2, 0) is 11.2 Å². The predicted molar refractivity (Wildman–Crippen MR) is 120 cm³/mol. The molecule has 150 valence electrons. The first-order chi connectivity index (χ1) is 14.1. The van der Waals surface area contributed by atoms with Crippen LogP contribution in [0.1, 0.15) is 23.1 Å². The molecule has 3 aromatic rings. The van der Waals surface area contributed by atoms with E-state index in [-0.39, 0.29) is 12.5 Å². The number of carbonyl (C=O) groups is 1. The summed E-state index contributed by atoms with van der Waals surface area (Å²) >= 11 is 0. The van der Waals surface area contributed by atoms with Crippen LogP contribution in [0.2, 0.25) is 0 Å². The minimum Gasteiger partial charge on any atom is -0.491 e. The molecule has 0 radical (unpaired) electrons. The van der Waals surface area contributed by atoms with E-state index < -0.39 is 0 Å². The molecule has 1 amide bonds. The van der Waals surface area contributed by atoms with E-state index in [9.17, 15) is 4.79 Å². The zero-order chi connectivity index (χ0) is 20.5. The zero-order valence-electron chi connectivity index (χ0n) is 17.1. The monoisotopic (exact) mass is 388 g/mol. The van der Waals surface area contributed by atoms with Gasteiger partial charge >= 0.3 is 0 Å². The summed E-state index contributed by atoms with van der Waals surface area (Å²) in [7, 11) is 0. The Morgan fingerprint density at radius 2 is 1.55 bits per heavy atom. The molecule has 3 rings (SSSR count). The van der Waals surface area contributed by atoms with Gasteiger partial charge in [0, 0.05) is 5.69 Å². The summed E-state index contributed by atoms with van der Waals surface area (Å²) in [6, 6.07) is 24.0. The first-order valence-corrected chi connectivity index (χ1v) is 9.99. The van der Waals surface area contributed by atoms with Crippen LogP contribution in [0.3, 0.4) is 0 Å². The van der Waals surface area contributed by atoms with Crippen molar-refractivity contribution in [2.75, 3.05) is 23.8 Å². The Morgan fingerprint density at radius 1 is 0.862 bits per heavy atom. The second-order valence-corrected chi connectivity index (χ2v) is 7.10. The van der Waals surface area contributed by atoms with Gasteiger partial charge in [0.1, 0.15) is 5.75 Å². The average molecular weight is 389 g/mol. The molecule has 4 heteroatoms. The minimum absolute atomic E-state index is 0.104. The van der Waals surface area contributed by atoms with Gasteiger partial charge in [-0.05, 0) is 55.5 Å². The largest absolute Gasteiger partial charge is 0.491 e. The Kier molecular flexibility index (Phi) is 7.28. The SMILES string of the molecule is Cc1cccc(C)c1NCC(=O)Nc1ccccc1OCCCc1ccccc1. The number of hydrogen-bond acceptors (Lipinski definition) is 3. The highest BCUT2D eigenvalue weighted by molar-refractivity contribution is 5.95. The Bertz CT molecular complexity index is 918. The van der Waals surface area contributed by atoms with Crippen molar-refractivity contribution < 1.29 is 9.53 Å². The smallest absolute Gasteiger partial charge is 0.243 e. The van der Waals surface area contributed by atoms with E-state index in [1.54, 1.807) is 0 Å². The van der Waals surface area contributed by atoms with Crippen molar-refractivity contribution in [1.29, 1.82) is 0 Å². The summed E-state index contributed by atoms with van der Waals surface area (Å²) in [5, 5.41) is 6.19. The van der Waals surface area contributed by atoms with Gasteiger partial charge < -0.3 is 15.4 Å². The molecule has 0 heterocycles. The Balaban J connectivity index is 1.51. The van der Waals surface area contributed by atoms with Crippen molar-refractivity contribution in [1.82, 2.24) is 0 Å². The predicted octanol–water partition coefficient (Wildman–Crippen LogP) is 5.37. The van der Waals surface area contributed by atoms with E-state index in [1.165, 1.54) is 5.56 Å². The van der Waals surface area contributed by atoms with Crippen LogP contribution in [0.5, 0.6) is 5.75 Å². The molecule has 0 spiro atoms. The molecule has 0 aromatic heterocycles. The molecule has 3 aromatic carbocycles. The topological polar surface area (TPSA) is 50.4 Å². The van der Waals surface area contributed by atoms with Gasteiger partial charge in [-0.3, -0.25) is 4.79 Å². The molecule has 0 saturated heterocycles. The van der Waals surface area contributed by atoms with E-state index >= 15 is 0 Å². The molecular weight excluding hydrogens is 360 g/mol. The molecule has 0 fully saturated rings. The number of anilines is 2. The third kappa shape index (κ3) is 6.11. The van der Waals surface area contributed by atoms with Crippen molar-refractivity contribution in [2.45, 2.75) is 26.7 Å². The number of carbonyl (C=O) groups excluding carboxylic acids is 1. The lowest BCUT2D eigenvalue weighted by atomic mass is 10.1. The fourth-order valence-electron chi connectivity index (χ4n) is 3.26. The Morgan fingerprint density at radius 3 is 2.31 bits per heavy atom. The summed E-state index contributed by atoms with van der Waals surface area (Å²) < 4.78 is 5.93. The summed E-state index contributed by atoms with van der Waals surface area (Å²) in [6.45, 7) is 4.87. The lowest BCUT2D eigenvalue weighted by Gasteiger charge is -2.15. The second-order valence-electron chi connectivity index (χ2n) is 7.10. The van der Waals surface area contributed by atoms with Gasteiger partial charge in [-0.1, -0.05) is 60.7 Å². The molecule has 29 heavy (non-hydrogen) atoms. The van der Waals surface area contributed by atoms with E-state index in [1.807, 2.05) is 74.5 Å². The molecule has 0 atom stereocenters. The molecule has 0 aliphatic heterocycles. The maximum absolute atomic E-state index is 12.4. The van der Waals surface area contributed by atoms with Crippen molar-refractivity contribution in [2.24, 2.45) is 0 Å². The third-order valence-corrected chi connectivity index (χ3v) is 4.78. The highest BCUT2D eigenvalue weighted by Gasteiger charge is 2.09. The lowest BCUT2D eigenvalue weighted by molar-refractivity contribution is -0.114. The van der Waals surface area contributed by atoms with Gasteiger partial charge in [-0.2, -0.15) is 0 Å². The number of para-hydroxylation sites is 3. The zero-order valence-corrected chi connectivity index (χ0v) is 17.1. The maximum atomic E-state index is 12.4. The van der Waals surface area contributed by atoms with Gasteiger partial charge in [0.2, 0.25) is 5.91 Å². The number of amides is 1. The lowest BCUT2D eigenvalue weighted by Crippen LogP contribution is -2.22. The maximum Gasteiger partial charge on any atom is 0.243 e. The minimum atomic E-state index is -0.104. The van der Waals surface area contributed by atoms with Crippen molar-refractivity contribution in [3.8, 4) is 5.75 Å². The molecule has 0 aliphatic rings. The van der Waals surface area contributed by atoms with Gasteiger partial charge in [-0.25, -0.2) is 0 Å². The molecular formula is C25H28N2O2. The Hall–Kier alpha value is -3.27. The molecule has 0 unspecified atom stereocenters. The van der Waals surface area contributed by atoms with Crippen LogP contribution in [0.15, 0.2) is 72.8 Å². The summed E-state index contributed by atoms with van der Waals surface area (Å²) in [5.41, 5.74) is 5.25. The number of benzene rings is 3. The van der Waals surface area contributed by atoms with Crippen molar-refractivity contribution in [3.05, 3.63) is 89.5 Å². The number of hydrogen-bond donors (Lipinski definition) is 2. The van der Waals surface area contributed by atoms with Crippen LogP contribution in [0, 0.1) is 13.8 Å². The number of rotatable bonds is 9. The van der Waals surface area contributed by atoms with E-state index in [4.69, 9.17) is 4.74 Å². The molecule has 0 saturated carbocycles. The molecule has 0 bridgehead atoms. The van der Waals surface area contributed by atoms with Gasteiger partial charge in [0.15, 0.2) is 0 Å². The first kappa shape index (κ1) is 20.5. The third-order valence-electron chi connectivity index (χ3n) is 4.78. The number of aryl methyl sites for hydroxylation is 3. The van der Waals surface area contributed by atoms with E-state index in [0.717, 1.165) is 29.7 Å². The Labute approximate surface area is 172 Å². The summed E-state index contributed by atoms with van der Waals surface area (Å²) in [4.78, 5) is 12.4. The van der Waals surface area contributed by atoms with E-state index in [2.05, 4.69) is 22.8 Å². The highest BCUT2D eigenvalue weighted by Crippen LogP contribution is 2.24. The standard InChI is InChI=1S/C25H28N2O2/c1-19-10-8-11-20(2)25(19)26-18-24(28)27-22-15-6-7-16-23(22)29-17-9-14-21-12-4-3-5-13-21/h3-8,10-13,15-16,26H,9,14,17-18H2,1-2H3,(H,27,28). The van der Waals surface area contributed by atoms with Crippen molar-refractivity contribution >= 4 is 17.3 Å². The van der Waals surface area contributed by atoms with Gasteiger partial charge in [0.05, 0.1) is 18.8 Å². The molecule has 2 N–H and O–H groups in total. The fraction of sp³-hybridized carbons (Fsp3) is 0.240. The fourth-order valence-corrected chi connectivity index (χ4v) is 3.26. The van der Waals surface area contributed by atoms with E-state index in [0.29, 0.717) is 18.0 Å². The second kappa shape index (κ2) is 10.3. The van der Waals surface area contributed by atoms with Crippen LogP contribution < -0.4 is 15.4 Å². The number of ether oxygens (including phenoxy) is 1. The number of nitrogens with one attached hydrogen (secondary N) is 2. The average Bonchev–Trinajstić information content (AvgIpc) is 2.73. The van der Waals surface area contributed by atoms with Gasteiger partial charge in [-0.15, -0.1) is 0 Å². The van der Waals surface area contributed by atoms with Crippen LogP contribution in [0.25, 0.3) is 0 Å². The van der Waals surface area contributed by atoms with Gasteiger partial charge in [0.25, 0.3) is 0 Å². The molecule has 0 aliphatic carbocycles. The first-order valence-electron chi connectivity index (χ1n) is 9.99. The van der Waals surface area contributed by atoms with Crippen LogP contribution in [0.4, 0.5) is 11.4 Å². The normalized spacial score (nSPS) is 10.4. The van der Waals surface area contributed by atoms with Crippen LogP contribution in [-0.4, -0.2) is 19.1 Å². The summed E-state index contributed by atoms with van der Waals surface area (Å²) in [6.07, 6.45) is 1.88. The highest BCUT2D eigenvalue weighted by atomic mass is 16.5.